The summed E-state index contributed by atoms with van der Waals surface area (Å²) >= 11 is 0. The first-order valence-electron chi connectivity index (χ1n) is 7.72. The smallest absolute Gasteiger partial charge is 0.251 e. The Morgan fingerprint density at radius 2 is 2.19 bits per heavy atom. The number of aromatic nitrogens is 2. The van der Waals surface area contributed by atoms with Crippen LogP contribution in [0, 0.1) is 5.92 Å². The summed E-state index contributed by atoms with van der Waals surface area (Å²) in [6.07, 6.45) is 7.77. The molecule has 1 fully saturated rings. The molecule has 1 atom stereocenters. The molecule has 5 heteroatoms. The molecule has 0 spiro atoms. The molecule has 2 aromatic rings. The zero-order valence-electron chi connectivity index (χ0n) is 12.1. The summed E-state index contributed by atoms with van der Waals surface area (Å²) in [7, 11) is 0. The van der Waals surface area contributed by atoms with Gasteiger partial charge in [-0.2, -0.15) is 0 Å². The standard InChI is InChI=1S/C16H22N4O/c17-9-15(11-4-2-1-3-5-11)20-16(21)12-6-7-13-14(8-12)19-10-18-13/h6-8,10-11,15H,1-5,9,17H2,(H,18,19)(H,20,21). The lowest BCUT2D eigenvalue weighted by atomic mass is 9.84. The van der Waals surface area contributed by atoms with Gasteiger partial charge in [0, 0.05) is 18.2 Å². The third-order valence-electron chi connectivity index (χ3n) is 4.47. The van der Waals surface area contributed by atoms with Crippen LogP contribution in [-0.4, -0.2) is 28.5 Å². The van der Waals surface area contributed by atoms with E-state index in [9.17, 15) is 4.79 Å². The summed E-state index contributed by atoms with van der Waals surface area (Å²) in [6.45, 7) is 0.503. The van der Waals surface area contributed by atoms with Crippen molar-refractivity contribution in [2.24, 2.45) is 11.7 Å². The monoisotopic (exact) mass is 286 g/mol. The maximum atomic E-state index is 12.4. The van der Waals surface area contributed by atoms with Gasteiger partial charge in [0.25, 0.3) is 5.91 Å². The van der Waals surface area contributed by atoms with E-state index in [2.05, 4.69) is 15.3 Å². The van der Waals surface area contributed by atoms with Crippen LogP contribution >= 0.6 is 0 Å². The quantitative estimate of drug-likeness (QED) is 0.805. The fourth-order valence-corrected chi connectivity index (χ4v) is 3.23. The Balaban J connectivity index is 1.71. The molecule has 1 amide bonds. The number of nitrogens with one attached hydrogen (secondary N) is 2. The van der Waals surface area contributed by atoms with Crippen LogP contribution in [0.4, 0.5) is 0 Å². The van der Waals surface area contributed by atoms with Crippen molar-refractivity contribution in [3.05, 3.63) is 30.1 Å². The predicted molar refractivity (Wildman–Crippen MR) is 83.0 cm³/mol. The SMILES string of the molecule is NCC(NC(=O)c1ccc2nc[nH]c2c1)C1CCCCC1. The number of hydrogen-bond acceptors (Lipinski definition) is 3. The molecular formula is C16H22N4O. The van der Waals surface area contributed by atoms with E-state index < -0.39 is 0 Å². The van der Waals surface area contributed by atoms with Gasteiger partial charge >= 0.3 is 0 Å². The molecule has 112 valence electrons. The molecule has 1 saturated carbocycles. The lowest BCUT2D eigenvalue weighted by Crippen LogP contribution is -2.45. The highest BCUT2D eigenvalue weighted by molar-refractivity contribution is 5.97. The molecule has 4 N–H and O–H groups in total. The molecule has 1 aliphatic rings. The third kappa shape index (κ3) is 3.08. The lowest BCUT2D eigenvalue weighted by Gasteiger charge is -2.30. The zero-order valence-corrected chi connectivity index (χ0v) is 12.1. The summed E-state index contributed by atoms with van der Waals surface area (Å²) in [5.74, 6) is 0.469. The number of rotatable bonds is 4. The largest absolute Gasteiger partial charge is 0.348 e. The summed E-state index contributed by atoms with van der Waals surface area (Å²) in [5.41, 5.74) is 8.28. The van der Waals surface area contributed by atoms with Gasteiger partial charge in [0.2, 0.25) is 0 Å². The van der Waals surface area contributed by atoms with Gasteiger partial charge in [-0.1, -0.05) is 19.3 Å². The van der Waals surface area contributed by atoms with E-state index >= 15 is 0 Å². The molecular weight excluding hydrogens is 264 g/mol. The Hall–Kier alpha value is -1.88. The van der Waals surface area contributed by atoms with Crippen molar-refractivity contribution in [1.29, 1.82) is 0 Å². The van der Waals surface area contributed by atoms with Gasteiger partial charge in [-0.15, -0.1) is 0 Å². The van der Waals surface area contributed by atoms with Crippen molar-refractivity contribution in [3.8, 4) is 0 Å². The average Bonchev–Trinajstić information content (AvgIpc) is 3.00. The van der Waals surface area contributed by atoms with Crippen LogP contribution in [0.3, 0.4) is 0 Å². The molecule has 1 unspecified atom stereocenters. The summed E-state index contributed by atoms with van der Waals surface area (Å²) < 4.78 is 0. The molecule has 1 aromatic heterocycles. The van der Waals surface area contributed by atoms with E-state index in [4.69, 9.17) is 5.73 Å². The van der Waals surface area contributed by atoms with Crippen molar-refractivity contribution in [2.45, 2.75) is 38.1 Å². The van der Waals surface area contributed by atoms with E-state index in [-0.39, 0.29) is 11.9 Å². The number of nitrogens with zero attached hydrogens (tertiary/aromatic N) is 1. The van der Waals surface area contributed by atoms with Crippen LogP contribution in [0.1, 0.15) is 42.5 Å². The number of nitrogens with two attached hydrogens (primary N) is 1. The second kappa shape index (κ2) is 6.26. The number of carbonyl (C=O) groups excluding carboxylic acids is 1. The van der Waals surface area contributed by atoms with Crippen molar-refractivity contribution in [1.82, 2.24) is 15.3 Å². The Morgan fingerprint density at radius 1 is 1.38 bits per heavy atom. The van der Waals surface area contributed by atoms with E-state index in [1.54, 1.807) is 6.33 Å². The van der Waals surface area contributed by atoms with E-state index in [0.29, 0.717) is 18.0 Å². The highest BCUT2D eigenvalue weighted by atomic mass is 16.1. The number of imidazole rings is 1. The van der Waals surface area contributed by atoms with Crippen LogP contribution in [0.5, 0.6) is 0 Å². The first kappa shape index (κ1) is 14.1. The van der Waals surface area contributed by atoms with Crippen molar-refractivity contribution in [2.75, 3.05) is 6.54 Å². The summed E-state index contributed by atoms with van der Waals surface area (Å²) in [6, 6.07) is 5.59. The molecule has 21 heavy (non-hydrogen) atoms. The molecule has 0 radical (unpaired) electrons. The fourth-order valence-electron chi connectivity index (χ4n) is 3.23. The van der Waals surface area contributed by atoms with E-state index in [1.165, 1.54) is 32.1 Å². The Morgan fingerprint density at radius 3 is 2.95 bits per heavy atom. The van der Waals surface area contributed by atoms with Crippen molar-refractivity contribution >= 4 is 16.9 Å². The second-order valence-corrected chi connectivity index (χ2v) is 5.85. The number of amides is 1. The average molecular weight is 286 g/mol. The minimum atomic E-state index is -0.0486. The first-order chi connectivity index (χ1) is 10.3. The van der Waals surface area contributed by atoms with Crippen LogP contribution in [0.15, 0.2) is 24.5 Å². The highest BCUT2D eigenvalue weighted by Crippen LogP contribution is 2.26. The van der Waals surface area contributed by atoms with Gasteiger partial charge in [-0.25, -0.2) is 4.98 Å². The Kier molecular flexibility index (Phi) is 4.20. The summed E-state index contributed by atoms with van der Waals surface area (Å²) in [4.78, 5) is 19.6. The summed E-state index contributed by atoms with van der Waals surface area (Å²) in [5, 5.41) is 3.11. The number of benzene rings is 1. The van der Waals surface area contributed by atoms with Crippen LogP contribution in [-0.2, 0) is 0 Å². The van der Waals surface area contributed by atoms with Crippen LogP contribution < -0.4 is 11.1 Å². The van der Waals surface area contributed by atoms with Crippen molar-refractivity contribution < 1.29 is 4.79 Å². The maximum absolute atomic E-state index is 12.4. The maximum Gasteiger partial charge on any atom is 0.251 e. The Bertz CT molecular complexity index is 616. The van der Waals surface area contributed by atoms with Gasteiger partial charge in [-0.3, -0.25) is 4.79 Å². The van der Waals surface area contributed by atoms with E-state index in [0.717, 1.165) is 11.0 Å². The molecule has 0 saturated heterocycles. The van der Waals surface area contributed by atoms with Gasteiger partial charge in [0.15, 0.2) is 0 Å². The number of H-pyrrole nitrogens is 1. The first-order valence-corrected chi connectivity index (χ1v) is 7.72. The number of fused-ring (bicyclic) bond motifs is 1. The molecule has 1 aliphatic carbocycles. The normalized spacial score (nSPS) is 17.8. The lowest BCUT2D eigenvalue weighted by molar-refractivity contribution is 0.0915. The molecule has 1 heterocycles. The molecule has 1 aromatic carbocycles. The number of carbonyl (C=O) groups is 1. The highest BCUT2D eigenvalue weighted by Gasteiger charge is 2.24. The zero-order chi connectivity index (χ0) is 14.7. The van der Waals surface area contributed by atoms with Gasteiger partial charge in [0.1, 0.15) is 0 Å². The van der Waals surface area contributed by atoms with Gasteiger partial charge in [0.05, 0.1) is 17.4 Å². The minimum Gasteiger partial charge on any atom is -0.348 e. The van der Waals surface area contributed by atoms with Crippen molar-refractivity contribution in [3.63, 3.8) is 0 Å². The van der Waals surface area contributed by atoms with Gasteiger partial charge < -0.3 is 16.0 Å². The molecule has 3 rings (SSSR count). The predicted octanol–water partition coefficient (Wildman–Crippen LogP) is 2.20. The molecule has 0 bridgehead atoms. The topological polar surface area (TPSA) is 83.8 Å². The van der Waals surface area contributed by atoms with Gasteiger partial charge in [-0.05, 0) is 37.0 Å². The third-order valence-corrected chi connectivity index (χ3v) is 4.47. The van der Waals surface area contributed by atoms with E-state index in [1.807, 2.05) is 18.2 Å². The Labute approximate surface area is 124 Å². The number of aromatic amines is 1. The minimum absolute atomic E-state index is 0.0486. The van der Waals surface area contributed by atoms with Crippen LogP contribution in [0.2, 0.25) is 0 Å². The number of hydrogen-bond donors (Lipinski definition) is 3. The molecule has 5 nitrogen and oxygen atoms in total. The van der Waals surface area contributed by atoms with Crippen LogP contribution in [0.25, 0.3) is 11.0 Å². The fraction of sp³-hybridized carbons (Fsp3) is 0.500. The second-order valence-electron chi connectivity index (χ2n) is 5.85. The molecule has 0 aliphatic heterocycles.